The monoisotopic (exact) mass is 433 g/mol. The molecule has 1 saturated heterocycles. The van der Waals surface area contributed by atoms with Gasteiger partial charge >= 0.3 is 6.09 Å². The highest BCUT2D eigenvalue weighted by Crippen LogP contribution is 2.40. The average molecular weight is 433 g/mol. The number of rotatable bonds is 4. The number of carbonyl (C=O) groups is 2. The van der Waals surface area contributed by atoms with Gasteiger partial charge in [-0.05, 0) is 61.2 Å². The number of aromatic hydroxyl groups is 1. The van der Waals surface area contributed by atoms with Crippen LogP contribution in [0.5, 0.6) is 5.75 Å². The molecule has 2 heterocycles. The predicted molar refractivity (Wildman–Crippen MR) is 117 cm³/mol. The Balaban J connectivity index is 1.48. The molecule has 2 aromatic carbocycles. The van der Waals surface area contributed by atoms with Crippen LogP contribution < -0.4 is 10.2 Å². The van der Waals surface area contributed by atoms with E-state index in [1.54, 1.807) is 17.0 Å². The summed E-state index contributed by atoms with van der Waals surface area (Å²) in [6, 6.07) is 12.8. The van der Waals surface area contributed by atoms with Crippen LogP contribution in [0.1, 0.15) is 24.5 Å². The molecule has 0 bridgehead atoms. The highest BCUT2D eigenvalue weighted by atomic mass is 16.6. The van der Waals surface area contributed by atoms with Crippen molar-refractivity contribution in [2.45, 2.75) is 32.3 Å². The number of cyclic esters (lactones) is 1. The Morgan fingerprint density at radius 2 is 2.03 bits per heavy atom. The summed E-state index contributed by atoms with van der Waals surface area (Å²) in [5, 5.41) is 16.6. The second-order valence-electron chi connectivity index (χ2n) is 8.13. The van der Waals surface area contributed by atoms with Crippen molar-refractivity contribution in [1.29, 1.82) is 0 Å². The van der Waals surface area contributed by atoms with Crippen molar-refractivity contribution in [3.8, 4) is 28.3 Å². The smallest absolute Gasteiger partial charge is 0.414 e. The van der Waals surface area contributed by atoms with Crippen LogP contribution in [0.4, 0.5) is 10.5 Å². The summed E-state index contributed by atoms with van der Waals surface area (Å²) < 4.78 is 11.2. The zero-order valence-electron chi connectivity index (χ0n) is 17.6. The van der Waals surface area contributed by atoms with Gasteiger partial charge in [0.05, 0.1) is 13.1 Å². The number of nitrogens with one attached hydrogen (secondary N) is 1. The van der Waals surface area contributed by atoms with Crippen LogP contribution in [0, 0.1) is 0 Å². The maximum atomic E-state index is 12.5. The van der Waals surface area contributed by atoms with Crippen molar-refractivity contribution in [2.75, 3.05) is 18.0 Å². The molecule has 8 nitrogen and oxygen atoms in total. The molecule has 0 unspecified atom stereocenters. The van der Waals surface area contributed by atoms with Gasteiger partial charge in [-0.15, -0.1) is 0 Å². The minimum Gasteiger partial charge on any atom is -0.508 e. The number of nitrogens with zero attached hydrogens (tertiary/aromatic N) is 2. The molecule has 1 fully saturated rings. The van der Waals surface area contributed by atoms with E-state index in [1.807, 2.05) is 30.3 Å². The summed E-state index contributed by atoms with van der Waals surface area (Å²) in [7, 11) is 0. The van der Waals surface area contributed by atoms with E-state index in [2.05, 4.69) is 10.5 Å². The van der Waals surface area contributed by atoms with Crippen LogP contribution in [0.15, 0.2) is 47.0 Å². The lowest BCUT2D eigenvalue weighted by molar-refractivity contribution is -0.119. The standard InChI is InChI=1S/C24H23N3O5/c1-14(28)25-12-19-13-27(24(30)31-19)17-8-5-15-3-2-4-20-22(16-6-9-18(29)10-7-16)26-32-23(20)21(15)11-17/h5-11,19,29H,2-4,12-13H2,1H3,(H,25,28)/t19-/m0/s1. The molecule has 2 amide bonds. The van der Waals surface area contributed by atoms with E-state index < -0.39 is 12.2 Å². The number of hydrogen-bond donors (Lipinski definition) is 2. The van der Waals surface area contributed by atoms with E-state index in [9.17, 15) is 14.7 Å². The van der Waals surface area contributed by atoms with Gasteiger partial charge in [-0.3, -0.25) is 9.69 Å². The van der Waals surface area contributed by atoms with Crippen LogP contribution in [-0.4, -0.2) is 41.5 Å². The molecule has 2 N–H and O–H groups in total. The van der Waals surface area contributed by atoms with Crippen molar-refractivity contribution < 1.29 is 24.0 Å². The molecule has 2 aliphatic rings. The molecule has 3 aromatic rings. The third-order valence-electron chi connectivity index (χ3n) is 5.90. The molecule has 1 atom stereocenters. The number of phenols is 1. The number of aromatic nitrogens is 1. The zero-order valence-corrected chi connectivity index (χ0v) is 17.6. The molecule has 1 aliphatic carbocycles. The van der Waals surface area contributed by atoms with Gasteiger partial charge < -0.3 is 19.7 Å². The van der Waals surface area contributed by atoms with Crippen LogP contribution in [0.3, 0.4) is 0 Å². The number of fused-ring (bicyclic) bond motifs is 3. The van der Waals surface area contributed by atoms with E-state index in [0.717, 1.165) is 52.9 Å². The van der Waals surface area contributed by atoms with Gasteiger partial charge in [0, 0.05) is 29.3 Å². The van der Waals surface area contributed by atoms with Gasteiger partial charge in [-0.1, -0.05) is 11.2 Å². The third kappa shape index (κ3) is 3.68. The Bertz CT molecular complexity index is 1180. The van der Waals surface area contributed by atoms with Gasteiger partial charge in [-0.25, -0.2) is 4.79 Å². The van der Waals surface area contributed by atoms with Gasteiger partial charge in [0.2, 0.25) is 5.91 Å². The van der Waals surface area contributed by atoms with Gasteiger partial charge in [0.1, 0.15) is 17.5 Å². The van der Waals surface area contributed by atoms with E-state index in [4.69, 9.17) is 9.26 Å². The van der Waals surface area contributed by atoms with E-state index in [0.29, 0.717) is 12.3 Å². The van der Waals surface area contributed by atoms with E-state index in [1.165, 1.54) is 6.92 Å². The molecule has 5 rings (SSSR count). The molecule has 0 saturated carbocycles. The Kier molecular flexibility index (Phi) is 5.05. The first-order chi connectivity index (χ1) is 15.5. The lowest BCUT2D eigenvalue weighted by Gasteiger charge is -2.15. The number of aryl methyl sites for hydroxylation is 1. The number of benzene rings is 2. The van der Waals surface area contributed by atoms with Crippen molar-refractivity contribution in [1.82, 2.24) is 10.5 Å². The molecule has 8 heteroatoms. The van der Waals surface area contributed by atoms with Gasteiger partial charge in [-0.2, -0.15) is 0 Å². The summed E-state index contributed by atoms with van der Waals surface area (Å²) in [5.74, 6) is 0.754. The Hall–Kier alpha value is -3.81. The van der Waals surface area contributed by atoms with Crippen LogP contribution in [0.25, 0.3) is 22.6 Å². The van der Waals surface area contributed by atoms with Crippen LogP contribution in [-0.2, 0) is 22.4 Å². The second-order valence-corrected chi connectivity index (χ2v) is 8.13. The van der Waals surface area contributed by atoms with Crippen molar-refractivity contribution in [3.05, 3.63) is 53.6 Å². The Morgan fingerprint density at radius 1 is 1.22 bits per heavy atom. The molecule has 164 valence electrons. The summed E-state index contributed by atoms with van der Waals surface area (Å²) in [6.45, 7) is 2.08. The zero-order chi connectivity index (χ0) is 22.2. The lowest BCUT2D eigenvalue weighted by Crippen LogP contribution is -2.33. The molecule has 1 aliphatic heterocycles. The summed E-state index contributed by atoms with van der Waals surface area (Å²) in [4.78, 5) is 25.2. The maximum absolute atomic E-state index is 12.5. The molecule has 1 aromatic heterocycles. The highest BCUT2D eigenvalue weighted by Gasteiger charge is 2.33. The summed E-state index contributed by atoms with van der Waals surface area (Å²) >= 11 is 0. The fourth-order valence-electron chi connectivity index (χ4n) is 4.31. The molecule has 0 spiro atoms. The molecule has 32 heavy (non-hydrogen) atoms. The fourth-order valence-corrected chi connectivity index (χ4v) is 4.31. The third-order valence-corrected chi connectivity index (χ3v) is 5.90. The van der Waals surface area contributed by atoms with Gasteiger partial charge in [0.25, 0.3) is 0 Å². The number of anilines is 1. The fraction of sp³-hybridized carbons (Fsp3) is 0.292. The summed E-state index contributed by atoms with van der Waals surface area (Å²) in [6.07, 6.45) is 1.84. The second kappa shape index (κ2) is 8.03. The number of carbonyl (C=O) groups excluding carboxylic acids is 2. The minimum atomic E-state index is -0.434. The molecule has 0 radical (unpaired) electrons. The van der Waals surface area contributed by atoms with Crippen molar-refractivity contribution in [2.24, 2.45) is 0 Å². The van der Waals surface area contributed by atoms with Gasteiger partial charge in [0.15, 0.2) is 5.76 Å². The number of ether oxygens (including phenoxy) is 1. The van der Waals surface area contributed by atoms with Crippen molar-refractivity contribution in [3.63, 3.8) is 0 Å². The molecular weight excluding hydrogens is 410 g/mol. The largest absolute Gasteiger partial charge is 0.508 e. The number of phenolic OH excluding ortho intramolecular Hbond substituents is 1. The average Bonchev–Trinajstić information content (AvgIpc) is 3.31. The number of amides is 2. The maximum Gasteiger partial charge on any atom is 0.414 e. The lowest BCUT2D eigenvalue weighted by atomic mass is 9.99. The van der Waals surface area contributed by atoms with Crippen molar-refractivity contribution >= 4 is 17.7 Å². The normalized spacial score (nSPS) is 17.3. The minimum absolute atomic E-state index is 0.160. The van der Waals surface area contributed by atoms with Crippen LogP contribution in [0.2, 0.25) is 0 Å². The number of hydrogen-bond acceptors (Lipinski definition) is 6. The predicted octanol–water partition coefficient (Wildman–Crippen LogP) is 3.66. The SMILES string of the molecule is CC(=O)NC[C@H]1CN(c2ccc3c(c2)-c2onc(-c4ccc(O)cc4)c2CCC3)C(=O)O1. The summed E-state index contributed by atoms with van der Waals surface area (Å²) in [5.41, 5.74) is 5.47. The van der Waals surface area contributed by atoms with E-state index >= 15 is 0 Å². The first kappa shape index (κ1) is 20.1. The van der Waals surface area contributed by atoms with E-state index in [-0.39, 0.29) is 18.2 Å². The highest BCUT2D eigenvalue weighted by molar-refractivity contribution is 5.91. The Morgan fingerprint density at radius 3 is 2.81 bits per heavy atom. The molecular formula is C24H23N3O5. The first-order valence-electron chi connectivity index (χ1n) is 10.6. The quantitative estimate of drug-likeness (QED) is 0.651. The Labute approximate surface area is 184 Å². The topological polar surface area (TPSA) is 105 Å². The van der Waals surface area contributed by atoms with Crippen LogP contribution >= 0.6 is 0 Å². The first-order valence-corrected chi connectivity index (χ1v) is 10.6.